The van der Waals surface area contributed by atoms with Gasteiger partial charge in [0.15, 0.2) is 0 Å². The lowest BCUT2D eigenvalue weighted by Crippen LogP contribution is -2.10. The smallest absolute Gasteiger partial charge is 0.102 e. The molecule has 0 spiro atoms. The van der Waals surface area contributed by atoms with Crippen molar-refractivity contribution in [3.8, 4) is 6.07 Å². The zero-order valence-electron chi connectivity index (χ0n) is 12.6. The molecule has 1 fully saturated rings. The standard InChI is InChI=1S/C15H20N4OS/c1-19(2)10-17-15-8-12(18-21(3,4)20)7-13(11-5-6-11)14(15)9-16/h7-8,10-11H,3,5-6H2,1-2,4H3,(H,18,20). The molecule has 112 valence electrons. The Morgan fingerprint density at radius 1 is 1.52 bits per heavy atom. The highest BCUT2D eigenvalue weighted by Gasteiger charge is 2.28. The lowest BCUT2D eigenvalue weighted by Gasteiger charge is -2.13. The number of nitrogens with zero attached hydrogens (tertiary/aromatic N) is 3. The van der Waals surface area contributed by atoms with E-state index in [4.69, 9.17) is 0 Å². The number of hydrogen-bond donors (Lipinski definition) is 1. The van der Waals surface area contributed by atoms with Crippen LogP contribution in [0.25, 0.3) is 0 Å². The van der Waals surface area contributed by atoms with E-state index in [0.29, 0.717) is 22.9 Å². The molecule has 1 saturated carbocycles. The van der Waals surface area contributed by atoms with E-state index in [2.05, 4.69) is 21.7 Å². The van der Waals surface area contributed by atoms with Gasteiger partial charge in [-0.3, -0.25) is 0 Å². The van der Waals surface area contributed by atoms with Crippen molar-refractivity contribution in [2.45, 2.75) is 18.8 Å². The van der Waals surface area contributed by atoms with E-state index in [1.165, 1.54) is 0 Å². The van der Waals surface area contributed by atoms with Gasteiger partial charge in [0.05, 0.1) is 17.6 Å². The van der Waals surface area contributed by atoms with Crippen molar-refractivity contribution in [1.82, 2.24) is 4.90 Å². The third-order valence-corrected chi connectivity index (χ3v) is 3.71. The Labute approximate surface area is 126 Å². The van der Waals surface area contributed by atoms with Crippen molar-refractivity contribution in [3.63, 3.8) is 0 Å². The van der Waals surface area contributed by atoms with Gasteiger partial charge in [-0.2, -0.15) is 5.26 Å². The highest BCUT2D eigenvalue weighted by molar-refractivity contribution is 8.00. The second-order valence-corrected chi connectivity index (χ2v) is 7.88. The van der Waals surface area contributed by atoms with Crippen LogP contribution < -0.4 is 4.72 Å². The summed E-state index contributed by atoms with van der Waals surface area (Å²) in [5.41, 5.74) is 2.89. The normalized spacial score (nSPS) is 17.2. The molecule has 0 aromatic heterocycles. The van der Waals surface area contributed by atoms with Crippen LogP contribution in [0.4, 0.5) is 11.4 Å². The molecule has 1 aliphatic carbocycles. The van der Waals surface area contributed by atoms with Gasteiger partial charge in [-0.1, -0.05) is 0 Å². The summed E-state index contributed by atoms with van der Waals surface area (Å²) in [5, 5.41) is 9.44. The molecule has 1 aromatic carbocycles. The van der Waals surface area contributed by atoms with E-state index in [9.17, 15) is 9.47 Å². The number of hydrogen-bond acceptors (Lipinski definition) is 3. The van der Waals surface area contributed by atoms with Crippen molar-refractivity contribution >= 4 is 33.3 Å². The van der Waals surface area contributed by atoms with Gasteiger partial charge in [-0.15, -0.1) is 0 Å². The first-order chi connectivity index (χ1) is 9.80. The van der Waals surface area contributed by atoms with Crippen LogP contribution in [0.2, 0.25) is 0 Å². The molecule has 21 heavy (non-hydrogen) atoms. The highest BCUT2D eigenvalue weighted by Crippen LogP contribution is 2.44. The molecule has 0 radical (unpaired) electrons. The lowest BCUT2D eigenvalue weighted by molar-refractivity contribution is 0.643. The van der Waals surface area contributed by atoms with E-state index in [1.807, 2.05) is 25.1 Å². The summed E-state index contributed by atoms with van der Waals surface area (Å²) in [6.07, 6.45) is 5.37. The molecule has 5 nitrogen and oxygen atoms in total. The summed E-state index contributed by atoms with van der Waals surface area (Å²) < 4.78 is 14.8. The fraction of sp³-hybridized carbons (Fsp3) is 0.400. The van der Waals surface area contributed by atoms with Gasteiger partial charge in [0.25, 0.3) is 0 Å². The Morgan fingerprint density at radius 3 is 2.67 bits per heavy atom. The first-order valence-electron chi connectivity index (χ1n) is 6.69. The van der Waals surface area contributed by atoms with Gasteiger partial charge in [-0.05, 0) is 42.3 Å². The molecular weight excluding hydrogens is 284 g/mol. The highest BCUT2D eigenvalue weighted by atomic mass is 32.2. The maximum atomic E-state index is 11.9. The molecule has 2 rings (SSSR count). The number of nitriles is 1. The van der Waals surface area contributed by atoms with Crippen molar-refractivity contribution in [1.29, 1.82) is 5.26 Å². The molecule has 6 heteroatoms. The molecular formula is C15H20N4OS. The van der Waals surface area contributed by atoms with Crippen LogP contribution in [-0.2, 0) is 9.71 Å². The average Bonchev–Trinajstić information content (AvgIpc) is 3.17. The Balaban J connectivity index is 2.52. The van der Waals surface area contributed by atoms with E-state index >= 15 is 0 Å². The first-order valence-corrected chi connectivity index (χ1v) is 8.82. The molecule has 0 amide bonds. The molecule has 0 heterocycles. The molecule has 1 unspecified atom stereocenters. The number of aliphatic imine (C=N–C) groups is 1. The summed E-state index contributed by atoms with van der Waals surface area (Å²) in [5.74, 6) is 4.02. The number of anilines is 1. The molecule has 0 bridgehead atoms. The van der Waals surface area contributed by atoms with Crippen LogP contribution in [0.1, 0.15) is 29.9 Å². The van der Waals surface area contributed by atoms with E-state index in [0.717, 1.165) is 18.4 Å². The van der Waals surface area contributed by atoms with E-state index in [1.54, 1.807) is 18.7 Å². The third kappa shape index (κ3) is 4.23. The predicted octanol–water partition coefficient (Wildman–Crippen LogP) is 2.33. The quantitative estimate of drug-likeness (QED) is 0.516. The Kier molecular flexibility index (Phi) is 4.24. The molecule has 0 saturated heterocycles. The first kappa shape index (κ1) is 15.4. The zero-order valence-corrected chi connectivity index (χ0v) is 13.4. The average molecular weight is 304 g/mol. The number of nitrogens with one attached hydrogen (secondary N) is 1. The van der Waals surface area contributed by atoms with Crippen molar-refractivity contribution in [2.75, 3.05) is 25.1 Å². The summed E-state index contributed by atoms with van der Waals surface area (Å²) in [6, 6.07) is 5.90. The van der Waals surface area contributed by atoms with Gasteiger partial charge in [-0.25, -0.2) is 9.20 Å². The minimum atomic E-state index is -2.36. The third-order valence-electron chi connectivity index (χ3n) is 3.04. The second kappa shape index (κ2) is 5.78. The summed E-state index contributed by atoms with van der Waals surface area (Å²) >= 11 is 0. The van der Waals surface area contributed by atoms with Crippen molar-refractivity contribution < 1.29 is 4.21 Å². The van der Waals surface area contributed by atoms with Crippen LogP contribution in [0.5, 0.6) is 0 Å². The predicted molar refractivity (Wildman–Crippen MR) is 89.8 cm³/mol. The van der Waals surface area contributed by atoms with Gasteiger partial charge in [0, 0.05) is 35.7 Å². The summed E-state index contributed by atoms with van der Waals surface area (Å²) in [4.78, 5) is 6.17. The Morgan fingerprint density at radius 2 is 2.19 bits per heavy atom. The van der Waals surface area contributed by atoms with Crippen LogP contribution >= 0.6 is 0 Å². The second-order valence-electron chi connectivity index (χ2n) is 5.66. The minimum absolute atomic E-state index is 0.410. The van der Waals surface area contributed by atoms with Crippen LogP contribution in [-0.4, -0.2) is 41.7 Å². The van der Waals surface area contributed by atoms with E-state index in [-0.39, 0.29) is 0 Å². The molecule has 1 aromatic rings. The molecule has 1 aliphatic rings. The lowest BCUT2D eigenvalue weighted by atomic mass is 10.0. The van der Waals surface area contributed by atoms with Gasteiger partial charge >= 0.3 is 0 Å². The SMILES string of the molecule is C=S(C)(=O)Nc1cc(N=CN(C)C)c(C#N)c(C2CC2)c1. The molecule has 0 aliphatic heterocycles. The van der Waals surface area contributed by atoms with Crippen LogP contribution in [0, 0.1) is 11.3 Å². The Bertz CT molecular complexity index is 710. The number of benzene rings is 1. The molecule has 1 N–H and O–H groups in total. The topological polar surface area (TPSA) is 68.5 Å². The van der Waals surface area contributed by atoms with Gasteiger partial charge in [0.1, 0.15) is 6.07 Å². The van der Waals surface area contributed by atoms with Gasteiger partial charge < -0.3 is 9.62 Å². The molecule has 1 atom stereocenters. The van der Waals surface area contributed by atoms with Crippen molar-refractivity contribution in [2.24, 2.45) is 4.99 Å². The number of rotatable bonds is 5. The fourth-order valence-electron chi connectivity index (χ4n) is 2.07. The summed E-state index contributed by atoms with van der Waals surface area (Å²) in [7, 11) is 1.38. The van der Waals surface area contributed by atoms with Gasteiger partial charge in [0.2, 0.25) is 0 Å². The Hall–Kier alpha value is -2.00. The maximum absolute atomic E-state index is 11.9. The fourth-order valence-corrected chi connectivity index (χ4v) is 2.69. The van der Waals surface area contributed by atoms with Crippen LogP contribution in [0.3, 0.4) is 0 Å². The van der Waals surface area contributed by atoms with Crippen molar-refractivity contribution in [3.05, 3.63) is 23.3 Å². The maximum Gasteiger partial charge on any atom is 0.102 e. The van der Waals surface area contributed by atoms with Crippen LogP contribution in [0.15, 0.2) is 17.1 Å². The minimum Gasteiger partial charge on any atom is -0.369 e. The summed E-state index contributed by atoms with van der Waals surface area (Å²) in [6.45, 7) is 0. The monoisotopic (exact) mass is 304 g/mol. The zero-order chi connectivity index (χ0) is 15.6. The largest absolute Gasteiger partial charge is 0.369 e. The van der Waals surface area contributed by atoms with E-state index < -0.39 is 9.71 Å².